The normalized spacial score (nSPS) is 11.6. The Morgan fingerprint density at radius 1 is 0.917 bits per heavy atom. The summed E-state index contributed by atoms with van der Waals surface area (Å²) in [5.41, 5.74) is 0.396. The number of carboxylic acid groups (broad SMARTS) is 1. The van der Waals surface area contributed by atoms with E-state index in [2.05, 4.69) is 0 Å². The molecule has 0 bridgehead atoms. The number of unbranched alkanes of at least 4 members (excludes halogenated alkanes) is 1. The summed E-state index contributed by atoms with van der Waals surface area (Å²) in [6.45, 7) is 1.85. The van der Waals surface area contributed by atoms with E-state index >= 15 is 0 Å². The second kappa shape index (κ2) is 10.3. The summed E-state index contributed by atoms with van der Waals surface area (Å²) in [6, 6.07) is 21.3. The van der Waals surface area contributed by atoms with Crippen molar-refractivity contribution in [3.63, 3.8) is 0 Å². The van der Waals surface area contributed by atoms with Gasteiger partial charge in [0, 0.05) is 0 Å². The number of nitrogens with zero attached hydrogens (tertiary/aromatic N) is 2. The summed E-state index contributed by atoms with van der Waals surface area (Å²) in [6.07, 6.45) is -3.41. The van der Waals surface area contributed by atoms with E-state index in [4.69, 9.17) is 0 Å². The molecule has 186 valence electrons. The molecule has 0 unspecified atom stereocenters. The highest BCUT2D eigenvalue weighted by Crippen LogP contribution is 2.34. The first-order valence-corrected chi connectivity index (χ1v) is 11.6. The maximum atomic E-state index is 14.3. The molecule has 1 aromatic heterocycles. The number of rotatable bonds is 8. The molecule has 36 heavy (non-hydrogen) atoms. The molecule has 0 saturated heterocycles. The van der Waals surface area contributed by atoms with Crippen LogP contribution in [0.15, 0.2) is 83.7 Å². The van der Waals surface area contributed by atoms with Crippen molar-refractivity contribution in [1.82, 2.24) is 9.13 Å². The third-order valence-corrected chi connectivity index (χ3v) is 6.06. The summed E-state index contributed by atoms with van der Waals surface area (Å²) >= 11 is 0. The molecule has 0 amide bonds. The molecule has 1 heterocycles. The highest BCUT2D eigenvalue weighted by Gasteiger charge is 2.40. The van der Waals surface area contributed by atoms with Crippen molar-refractivity contribution in [2.75, 3.05) is 0 Å². The van der Waals surface area contributed by atoms with Crippen LogP contribution in [0.25, 0.3) is 16.8 Å². The van der Waals surface area contributed by atoms with Crippen LogP contribution in [-0.2, 0) is 19.1 Å². The first kappa shape index (κ1) is 25.0. The van der Waals surface area contributed by atoms with Crippen LogP contribution in [-0.4, -0.2) is 20.2 Å². The number of carbonyl (C=O) groups is 1. The monoisotopic (exact) mass is 494 g/mol. The van der Waals surface area contributed by atoms with Crippen molar-refractivity contribution in [2.45, 2.75) is 38.9 Å². The molecule has 5 nitrogen and oxygen atoms in total. The van der Waals surface area contributed by atoms with E-state index in [1.807, 2.05) is 6.92 Å². The van der Waals surface area contributed by atoms with Gasteiger partial charge < -0.3 is 5.11 Å². The standard InChI is InChI=1S/C28H25F3N2O3/c1-2-3-13-24-25(28(29,30)31)33(21-9-5-4-6-10-21)27(36)32(24)18-19-14-16-20(17-15-19)22-11-7-8-12-23(22)26(34)35/h4-12,14-17H,2-3,13,18H2,1H3,(H,34,35). The largest absolute Gasteiger partial charge is 0.478 e. The van der Waals surface area contributed by atoms with E-state index < -0.39 is 23.5 Å². The summed E-state index contributed by atoms with van der Waals surface area (Å²) in [5, 5.41) is 9.46. The number of halogens is 3. The molecule has 0 aliphatic carbocycles. The molecule has 8 heteroatoms. The van der Waals surface area contributed by atoms with Gasteiger partial charge in [-0.25, -0.2) is 9.59 Å². The van der Waals surface area contributed by atoms with Crippen molar-refractivity contribution in [2.24, 2.45) is 0 Å². The maximum absolute atomic E-state index is 14.3. The van der Waals surface area contributed by atoms with Crippen molar-refractivity contribution in [3.8, 4) is 16.8 Å². The zero-order valence-corrected chi connectivity index (χ0v) is 19.6. The van der Waals surface area contributed by atoms with Gasteiger partial charge in [-0.15, -0.1) is 0 Å². The molecule has 4 aromatic rings. The Morgan fingerprint density at radius 3 is 2.17 bits per heavy atom. The molecule has 0 spiro atoms. The highest BCUT2D eigenvalue weighted by molar-refractivity contribution is 5.95. The van der Waals surface area contributed by atoms with Gasteiger partial charge in [-0.1, -0.05) is 74.0 Å². The lowest BCUT2D eigenvalue weighted by molar-refractivity contribution is -0.143. The lowest BCUT2D eigenvalue weighted by atomic mass is 9.98. The zero-order valence-electron chi connectivity index (χ0n) is 19.6. The summed E-state index contributed by atoms with van der Waals surface area (Å²) in [4.78, 5) is 25.0. The van der Waals surface area contributed by atoms with Crippen molar-refractivity contribution in [3.05, 3.63) is 112 Å². The van der Waals surface area contributed by atoms with Gasteiger partial charge >= 0.3 is 17.8 Å². The minimum Gasteiger partial charge on any atom is -0.478 e. The van der Waals surface area contributed by atoms with Crippen LogP contribution in [0.5, 0.6) is 0 Å². The average Bonchev–Trinajstić information content (AvgIpc) is 3.15. The number of hydrogen-bond donors (Lipinski definition) is 1. The predicted octanol–water partition coefficient (Wildman–Crippen LogP) is 6.41. The molecule has 4 rings (SSSR count). The molecular formula is C28H25F3N2O3. The number of aromatic carboxylic acids is 1. The fourth-order valence-electron chi connectivity index (χ4n) is 4.35. The number of carboxylic acids is 1. The van der Waals surface area contributed by atoms with Gasteiger partial charge in [-0.3, -0.25) is 9.13 Å². The molecule has 0 fully saturated rings. The fourth-order valence-corrected chi connectivity index (χ4v) is 4.35. The lowest BCUT2D eigenvalue weighted by Gasteiger charge is -2.13. The number of aromatic nitrogens is 2. The zero-order chi connectivity index (χ0) is 25.9. The molecule has 3 aromatic carbocycles. The van der Waals surface area contributed by atoms with Crippen LogP contribution in [0.2, 0.25) is 0 Å². The van der Waals surface area contributed by atoms with Crippen molar-refractivity contribution < 1.29 is 23.1 Å². The second-order valence-electron chi connectivity index (χ2n) is 8.48. The summed E-state index contributed by atoms with van der Waals surface area (Å²) in [7, 11) is 0. The Morgan fingerprint density at radius 2 is 1.56 bits per heavy atom. The predicted molar refractivity (Wildman–Crippen MR) is 132 cm³/mol. The van der Waals surface area contributed by atoms with Gasteiger partial charge in [0.15, 0.2) is 5.69 Å². The first-order valence-electron chi connectivity index (χ1n) is 11.6. The first-order chi connectivity index (χ1) is 17.2. The molecule has 0 aliphatic rings. The van der Waals surface area contributed by atoms with Crippen molar-refractivity contribution >= 4 is 5.97 Å². The Balaban J connectivity index is 1.80. The maximum Gasteiger partial charge on any atom is 0.433 e. The average molecular weight is 495 g/mol. The minimum atomic E-state index is -4.71. The Labute approximate surface area is 206 Å². The molecule has 0 atom stereocenters. The quantitative estimate of drug-likeness (QED) is 0.308. The topological polar surface area (TPSA) is 64.2 Å². The number of imidazole rings is 1. The van der Waals surface area contributed by atoms with E-state index in [-0.39, 0.29) is 29.9 Å². The van der Waals surface area contributed by atoms with Gasteiger partial charge in [0.2, 0.25) is 0 Å². The Bertz CT molecular complexity index is 1420. The number of para-hydroxylation sites is 1. The lowest BCUT2D eigenvalue weighted by Crippen LogP contribution is -2.26. The van der Waals surface area contributed by atoms with Gasteiger partial charge in [0.1, 0.15) is 0 Å². The highest BCUT2D eigenvalue weighted by atomic mass is 19.4. The van der Waals surface area contributed by atoms with Gasteiger partial charge in [-0.05, 0) is 47.7 Å². The Kier molecular flexibility index (Phi) is 7.15. The van der Waals surface area contributed by atoms with E-state index in [1.54, 1.807) is 60.7 Å². The van der Waals surface area contributed by atoms with Crippen LogP contribution in [0.4, 0.5) is 13.2 Å². The van der Waals surface area contributed by atoms with Crippen LogP contribution in [0.1, 0.15) is 47.1 Å². The SMILES string of the molecule is CCCCc1c(C(F)(F)F)n(-c2ccccc2)c(=O)n1Cc1ccc(-c2ccccc2C(=O)O)cc1. The van der Waals surface area contributed by atoms with Crippen molar-refractivity contribution in [1.29, 1.82) is 0 Å². The number of alkyl halides is 3. The molecular weight excluding hydrogens is 469 g/mol. The van der Waals surface area contributed by atoms with Crippen LogP contribution in [0, 0.1) is 0 Å². The van der Waals surface area contributed by atoms with Gasteiger partial charge in [0.25, 0.3) is 0 Å². The Hall–Kier alpha value is -4.07. The van der Waals surface area contributed by atoms with Crippen LogP contribution in [0.3, 0.4) is 0 Å². The molecule has 0 saturated carbocycles. The third kappa shape index (κ3) is 4.98. The van der Waals surface area contributed by atoms with Crippen LogP contribution >= 0.6 is 0 Å². The van der Waals surface area contributed by atoms with Crippen LogP contribution < -0.4 is 5.69 Å². The molecule has 0 radical (unpaired) electrons. The number of hydrogen-bond acceptors (Lipinski definition) is 2. The number of benzene rings is 3. The van der Waals surface area contributed by atoms with Gasteiger partial charge in [-0.2, -0.15) is 13.2 Å². The summed E-state index contributed by atoms with van der Waals surface area (Å²) in [5.74, 6) is -1.05. The molecule has 0 aliphatic heterocycles. The fraction of sp³-hybridized carbons (Fsp3) is 0.214. The second-order valence-corrected chi connectivity index (χ2v) is 8.48. The summed E-state index contributed by atoms with van der Waals surface area (Å²) < 4.78 is 44.8. The van der Waals surface area contributed by atoms with E-state index in [0.29, 0.717) is 29.5 Å². The van der Waals surface area contributed by atoms with Gasteiger partial charge in [0.05, 0.1) is 23.5 Å². The smallest absolute Gasteiger partial charge is 0.433 e. The third-order valence-electron chi connectivity index (χ3n) is 6.06. The molecule has 1 N–H and O–H groups in total. The van der Waals surface area contributed by atoms with E-state index in [0.717, 1.165) is 4.57 Å². The van der Waals surface area contributed by atoms with E-state index in [1.165, 1.54) is 22.8 Å². The van der Waals surface area contributed by atoms with E-state index in [9.17, 15) is 27.9 Å². The minimum absolute atomic E-state index is 0.0400.